The Morgan fingerprint density at radius 3 is 2.11 bits per heavy atom. The quantitative estimate of drug-likeness (QED) is 0.368. The fraction of sp³-hybridized carbons (Fsp3) is 0. The van der Waals surface area contributed by atoms with Crippen LogP contribution in [0.5, 0.6) is 0 Å². The largest absolute Gasteiger partial charge is 0.440 e. The van der Waals surface area contributed by atoms with Gasteiger partial charge in [0, 0.05) is 21.3 Å². The molecule has 4 rings (SSSR count). The maximum Gasteiger partial charge on any atom is 0.209 e. The van der Waals surface area contributed by atoms with E-state index < -0.39 is 0 Å². The van der Waals surface area contributed by atoms with Gasteiger partial charge >= 0.3 is 0 Å². The summed E-state index contributed by atoms with van der Waals surface area (Å²) in [6.45, 7) is 0. The van der Waals surface area contributed by atoms with Crippen molar-refractivity contribution >= 4 is 33.3 Å². The van der Waals surface area contributed by atoms with Gasteiger partial charge in [-0.05, 0) is 30.3 Å². The Labute approximate surface area is 165 Å². The van der Waals surface area contributed by atoms with Crippen molar-refractivity contribution in [2.75, 3.05) is 5.32 Å². The molecule has 0 unspecified atom stereocenters. The fourth-order valence-corrected chi connectivity index (χ4v) is 3.07. The van der Waals surface area contributed by atoms with Gasteiger partial charge in [-0.1, -0.05) is 76.6 Å². The highest BCUT2D eigenvalue weighted by Gasteiger charge is 2.20. The molecule has 3 aromatic carbocycles. The number of anilines is 2. The molecule has 1 aromatic heterocycles. The number of hydrogen-bond donors (Lipinski definition) is 1. The topological polar surface area (TPSA) is 42.2 Å². The highest BCUT2D eigenvalue weighted by atomic mass is 79.9. The van der Waals surface area contributed by atoms with Gasteiger partial charge in [0.15, 0.2) is 5.78 Å². The molecule has 0 amide bonds. The molecule has 3 nitrogen and oxygen atoms in total. The van der Waals surface area contributed by atoms with Gasteiger partial charge in [-0.15, -0.1) is 0 Å². The lowest BCUT2D eigenvalue weighted by atomic mass is 10.0. The lowest BCUT2D eigenvalue weighted by Crippen LogP contribution is -2.03. The minimum atomic E-state index is -0.0823. The first-order valence-corrected chi connectivity index (χ1v) is 9.31. The predicted octanol–water partition coefficient (Wildman–Crippen LogP) is 6.68. The van der Waals surface area contributed by atoms with Crippen molar-refractivity contribution < 1.29 is 9.21 Å². The van der Waals surface area contributed by atoms with Gasteiger partial charge in [0.25, 0.3) is 0 Å². The smallest absolute Gasteiger partial charge is 0.209 e. The summed E-state index contributed by atoms with van der Waals surface area (Å²) in [5.41, 5.74) is 2.89. The van der Waals surface area contributed by atoms with Crippen molar-refractivity contribution in [3.05, 3.63) is 107 Å². The summed E-state index contributed by atoms with van der Waals surface area (Å²) in [7, 11) is 0. The molecule has 0 fully saturated rings. The number of nitrogens with one attached hydrogen (secondary N) is 1. The molecule has 132 valence electrons. The van der Waals surface area contributed by atoms with E-state index in [1.165, 1.54) is 0 Å². The molecule has 27 heavy (non-hydrogen) atoms. The van der Waals surface area contributed by atoms with E-state index >= 15 is 0 Å². The van der Waals surface area contributed by atoms with E-state index in [1.807, 2.05) is 72.8 Å². The van der Waals surface area contributed by atoms with Gasteiger partial charge in [0.05, 0.1) is 5.56 Å². The van der Waals surface area contributed by atoms with Gasteiger partial charge in [0.1, 0.15) is 5.76 Å². The van der Waals surface area contributed by atoms with Crippen LogP contribution in [-0.4, -0.2) is 5.78 Å². The second kappa shape index (κ2) is 7.64. The standard InChI is InChI=1S/C23H16BrNO2/c24-18-11-13-19(14-12-18)25-23-20(22(26)17-9-5-2-6-10-17)15-21(27-23)16-7-3-1-4-8-16/h1-15,25H. The average molecular weight is 418 g/mol. The molecule has 0 aliphatic heterocycles. The van der Waals surface area contributed by atoms with Crippen LogP contribution in [0.4, 0.5) is 11.6 Å². The number of carbonyl (C=O) groups is 1. The third-order valence-electron chi connectivity index (χ3n) is 4.17. The Balaban J connectivity index is 1.76. The van der Waals surface area contributed by atoms with E-state index in [2.05, 4.69) is 21.2 Å². The van der Waals surface area contributed by atoms with Crippen molar-refractivity contribution in [1.29, 1.82) is 0 Å². The van der Waals surface area contributed by atoms with Gasteiger partial charge in [0.2, 0.25) is 5.88 Å². The minimum Gasteiger partial charge on any atom is -0.440 e. The van der Waals surface area contributed by atoms with Crippen molar-refractivity contribution in [1.82, 2.24) is 0 Å². The summed E-state index contributed by atoms with van der Waals surface area (Å²) in [5, 5.41) is 3.23. The molecule has 0 spiro atoms. The fourth-order valence-electron chi connectivity index (χ4n) is 2.81. The van der Waals surface area contributed by atoms with Crippen LogP contribution < -0.4 is 5.32 Å². The predicted molar refractivity (Wildman–Crippen MR) is 111 cm³/mol. The molecule has 1 N–H and O–H groups in total. The zero-order valence-corrected chi connectivity index (χ0v) is 15.9. The Kier molecular flexibility index (Phi) is 4.90. The Bertz CT molecular complexity index is 1050. The van der Waals surface area contributed by atoms with Gasteiger partial charge in [-0.3, -0.25) is 4.79 Å². The third kappa shape index (κ3) is 3.86. The molecule has 4 heteroatoms. The van der Waals surface area contributed by atoms with Crippen molar-refractivity contribution in [3.63, 3.8) is 0 Å². The summed E-state index contributed by atoms with van der Waals surface area (Å²) in [5.74, 6) is 1.00. The Morgan fingerprint density at radius 2 is 1.44 bits per heavy atom. The van der Waals surface area contributed by atoms with Crippen LogP contribution in [0.3, 0.4) is 0 Å². The number of carbonyl (C=O) groups excluding carboxylic acids is 1. The maximum absolute atomic E-state index is 13.0. The van der Waals surface area contributed by atoms with Gasteiger partial charge < -0.3 is 9.73 Å². The number of hydrogen-bond acceptors (Lipinski definition) is 3. The first-order valence-electron chi connectivity index (χ1n) is 8.52. The summed E-state index contributed by atoms with van der Waals surface area (Å²) >= 11 is 3.43. The molecule has 0 radical (unpaired) electrons. The first-order chi connectivity index (χ1) is 13.2. The molecule has 0 saturated carbocycles. The summed E-state index contributed by atoms with van der Waals surface area (Å²) < 4.78 is 7.02. The van der Waals surface area contributed by atoms with E-state index in [0.29, 0.717) is 22.8 Å². The normalized spacial score (nSPS) is 10.6. The highest BCUT2D eigenvalue weighted by molar-refractivity contribution is 9.10. The number of ketones is 1. The van der Waals surface area contributed by atoms with E-state index in [9.17, 15) is 4.79 Å². The lowest BCUT2D eigenvalue weighted by Gasteiger charge is -2.06. The van der Waals surface area contributed by atoms with Gasteiger partial charge in [-0.25, -0.2) is 0 Å². The van der Waals surface area contributed by atoms with E-state index in [4.69, 9.17) is 4.42 Å². The molecular formula is C23H16BrNO2. The minimum absolute atomic E-state index is 0.0823. The van der Waals surface area contributed by atoms with Crippen LogP contribution in [0.1, 0.15) is 15.9 Å². The molecule has 0 saturated heterocycles. The lowest BCUT2D eigenvalue weighted by molar-refractivity contribution is 0.103. The molecule has 0 bridgehead atoms. The summed E-state index contributed by atoms with van der Waals surface area (Å²) in [6, 6.07) is 28.5. The molecule has 0 aliphatic carbocycles. The van der Waals surface area contributed by atoms with E-state index in [1.54, 1.807) is 18.2 Å². The number of halogens is 1. The Morgan fingerprint density at radius 1 is 0.815 bits per heavy atom. The SMILES string of the molecule is O=C(c1ccccc1)c1cc(-c2ccccc2)oc1Nc1ccc(Br)cc1. The monoisotopic (exact) mass is 417 g/mol. The molecule has 0 atom stereocenters. The van der Waals surface area contributed by atoms with Crippen LogP contribution in [0.25, 0.3) is 11.3 Å². The van der Waals surface area contributed by atoms with Crippen LogP contribution in [-0.2, 0) is 0 Å². The van der Waals surface area contributed by atoms with Crippen molar-refractivity contribution in [3.8, 4) is 11.3 Å². The molecule has 1 heterocycles. The Hall–Kier alpha value is -3.11. The molecule has 0 aliphatic rings. The van der Waals surface area contributed by atoms with Crippen LogP contribution in [0.15, 0.2) is 99.9 Å². The van der Waals surface area contributed by atoms with E-state index in [0.717, 1.165) is 15.7 Å². The number of benzene rings is 3. The maximum atomic E-state index is 13.0. The third-order valence-corrected chi connectivity index (χ3v) is 4.70. The first kappa shape index (κ1) is 17.3. The highest BCUT2D eigenvalue weighted by Crippen LogP contribution is 2.33. The zero-order chi connectivity index (χ0) is 18.6. The van der Waals surface area contributed by atoms with Crippen molar-refractivity contribution in [2.24, 2.45) is 0 Å². The van der Waals surface area contributed by atoms with Gasteiger partial charge in [-0.2, -0.15) is 0 Å². The second-order valence-corrected chi connectivity index (χ2v) is 6.96. The van der Waals surface area contributed by atoms with Crippen molar-refractivity contribution in [2.45, 2.75) is 0 Å². The zero-order valence-electron chi connectivity index (χ0n) is 14.4. The van der Waals surface area contributed by atoms with Crippen LogP contribution in [0, 0.1) is 0 Å². The van der Waals surface area contributed by atoms with Crippen LogP contribution >= 0.6 is 15.9 Å². The molecule has 4 aromatic rings. The van der Waals surface area contributed by atoms with Crippen LogP contribution in [0.2, 0.25) is 0 Å². The average Bonchev–Trinajstić information content (AvgIpc) is 3.14. The van der Waals surface area contributed by atoms with E-state index in [-0.39, 0.29) is 5.78 Å². The molecular weight excluding hydrogens is 402 g/mol. The second-order valence-electron chi connectivity index (χ2n) is 6.05. The summed E-state index contributed by atoms with van der Waals surface area (Å²) in [6.07, 6.45) is 0. The number of furan rings is 1. The number of rotatable bonds is 5. The summed E-state index contributed by atoms with van der Waals surface area (Å²) in [4.78, 5) is 13.0.